The molecule has 0 saturated carbocycles. The minimum atomic E-state index is -0.185. The Morgan fingerprint density at radius 2 is 1.93 bits per heavy atom. The lowest BCUT2D eigenvalue weighted by Crippen LogP contribution is -2.23. The summed E-state index contributed by atoms with van der Waals surface area (Å²) in [5.74, 6) is -0.0852. The number of thiazole rings is 1. The third-order valence-electron chi connectivity index (χ3n) is 4.87. The number of amides is 1. The first kappa shape index (κ1) is 19.8. The van der Waals surface area contributed by atoms with Crippen LogP contribution in [0.15, 0.2) is 41.2 Å². The third kappa shape index (κ3) is 4.92. The third-order valence-corrected chi connectivity index (χ3v) is 6.20. The molecule has 150 valence electrons. The molecule has 1 N–H and O–H groups in total. The number of aromatic nitrogens is 3. The molecule has 0 aliphatic heterocycles. The van der Waals surface area contributed by atoms with Crippen molar-refractivity contribution in [2.24, 2.45) is 0 Å². The van der Waals surface area contributed by atoms with Crippen LogP contribution in [0.5, 0.6) is 0 Å². The van der Waals surface area contributed by atoms with E-state index >= 15 is 0 Å². The van der Waals surface area contributed by atoms with Gasteiger partial charge in [0.1, 0.15) is 0 Å². The predicted molar refractivity (Wildman–Crippen MR) is 116 cm³/mol. The maximum atomic E-state index is 12.3. The zero-order valence-corrected chi connectivity index (χ0v) is 17.4. The minimum Gasteiger partial charge on any atom is -0.302 e. The molecular formula is C21H21ClN4O2S. The van der Waals surface area contributed by atoms with E-state index < -0.39 is 0 Å². The fourth-order valence-electron chi connectivity index (χ4n) is 3.36. The van der Waals surface area contributed by atoms with Crippen LogP contribution in [0.3, 0.4) is 0 Å². The number of carbonyl (C=O) groups is 1. The molecule has 29 heavy (non-hydrogen) atoms. The van der Waals surface area contributed by atoms with Crippen LogP contribution in [0.2, 0.25) is 5.02 Å². The van der Waals surface area contributed by atoms with E-state index in [1.807, 2.05) is 12.1 Å². The number of anilines is 1. The van der Waals surface area contributed by atoms with Crippen molar-refractivity contribution in [1.82, 2.24) is 14.8 Å². The minimum absolute atomic E-state index is 0.0852. The quantitative estimate of drug-likeness (QED) is 0.634. The molecule has 1 aromatic carbocycles. The van der Waals surface area contributed by atoms with E-state index in [2.05, 4.69) is 15.4 Å². The second-order valence-corrected chi connectivity index (χ2v) is 8.55. The van der Waals surface area contributed by atoms with Crippen LogP contribution in [0, 0.1) is 0 Å². The van der Waals surface area contributed by atoms with Crippen molar-refractivity contribution in [3.8, 4) is 11.3 Å². The van der Waals surface area contributed by atoms with Gasteiger partial charge in [-0.05, 0) is 50.3 Å². The van der Waals surface area contributed by atoms with Crippen LogP contribution in [-0.2, 0) is 24.2 Å². The van der Waals surface area contributed by atoms with Gasteiger partial charge in [-0.15, -0.1) is 11.3 Å². The lowest BCUT2D eigenvalue weighted by molar-refractivity contribution is -0.116. The van der Waals surface area contributed by atoms with E-state index in [9.17, 15) is 9.59 Å². The van der Waals surface area contributed by atoms with Crippen molar-refractivity contribution in [2.45, 2.75) is 45.1 Å². The van der Waals surface area contributed by atoms with Crippen LogP contribution in [-0.4, -0.2) is 20.7 Å². The Hall–Kier alpha value is -2.51. The molecule has 0 radical (unpaired) electrons. The van der Waals surface area contributed by atoms with Gasteiger partial charge >= 0.3 is 0 Å². The van der Waals surface area contributed by atoms with E-state index in [4.69, 9.17) is 11.6 Å². The molecule has 0 atom stereocenters. The number of benzene rings is 1. The molecule has 4 rings (SSSR count). The van der Waals surface area contributed by atoms with E-state index in [0.717, 1.165) is 24.1 Å². The Balaban J connectivity index is 1.34. The average molecular weight is 429 g/mol. The summed E-state index contributed by atoms with van der Waals surface area (Å²) in [6.45, 7) is 0.377. The predicted octanol–water partition coefficient (Wildman–Crippen LogP) is 4.32. The molecule has 3 aromatic rings. The Morgan fingerprint density at radius 3 is 2.72 bits per heavy atom. The summed E-state index contributed by atoms with van der Waals surface area (Å²) in [7, 11) is 0. The number of fused-ring (bicyclic) bond motifs is 1. The van der Waals surface area contributed by atoms with Crippen LogP contribution < -0.4 is 10.9 Å². The molecule has 1 aliphatic carbocycles. The van der Waals surface area contributed by atoms with Crippen LogP contribution in [0.25, 0.3) is 11.3 Å². The molecule has 0 bridgehead atoms. The summed E-state index contributed by atoms with van der Waals surface area (Å²) >= 11 is 7.50. The van der Waals surface area contributed by atoms with Crippen molar-refractivity contribution in [1.29, 1.82) is 0 Å². The Bertz CT molecular complexity index is 1050. The van der Waals surface area contributed by atoms with Gasteiger partial charge in [0.05, 0.1) is 11.4 Å². The number of rotatable bonds is 6. The van der Waals surface area contributed by atoms with E-state index in [-0.39, 0.29) is 11.5 Å². The fraction of sp³-hybridized carbons (Fsp3) is 0.333. The summed E-state index contributed by atoms with van der Waals surface area (Å²) in [5, 5.41) is 8.64. The highest BCUT2D eigenvalue weighted by molar-refractivity contribution is 7.15. The molecule has 6 nitrogen and oxygen atoms in total. The highest BCUT2D eigenvalue weighted by Gasteiger charge is 2.16. The molecule has 8 heteroatoms. The molecule has 1 aliphatic rings. The van der Waals surface area contributed by atoms with Gasteiger partial charge in [0.25, 0.3) is 5.56 Å². The molecule has 0 unspecified atom stereocenters. The van der Waals surface area contributed by atoms with E-state index in [1.165, 1.54) is 28.5 Å². The standard InChI is InChI=1S/C21H21ClN4O2S/c22-15-9-7-14(8-10-15)16-11-12-20(28)26(25-16)13-3-6-19(27)24-21-23-17-4-1-2-5-18(17)29-21/h7-12H,1-6,13H2,(H,23,24,27). The highest BCUT2D eigenvalue weighted by atomic mass is 35.5. The molecule has 2 heterocycles. The average Bonchev–Trinajstić information content (AvgIpc) is 3.12. The van der Waals surface area contributed by atoms with Crippen molar-refractivity contribution >= 4 is 34.0 Å². The van der Waals surface area contributed by atoms with Gasteiger partial charge in [0.15, 0.2) is 5.13 Å². The van der Waals surface area contributed by atoms with Gasteiger partial charge in [0, 0.05) is 34.5 Å². The summed E-state index contributed by atoms with van der Waals surface area (Å²) in [6.07, 6.45) is 5.25. The summed E-state index contributed by atoms with van der Waals surface area (Å²) in [5.41, 5.74) is 2.52. The first-order chi connectivity index (χ1) is 14.1. The van der Waals surface area contributed by atoms with Gasteiger partial charge in [-0.3, -0.25) is 9.59 Å². The Morgan fingerprint density at radius 1 is 1.14 bits per heavy atom. The maximum Gasteiger partial charge on any atom is 0.266 e. The zero-order valence-electron chi connectivity index (χ0n) is 15.9. The summed E-state index contributed by atoms with van der Waals surface area (Å²) in [4.78, 5) is 30.2. The van der Waals surface area contributed by atoms with Crippen molar-refractivity contribution in [3.63, 3.8) is 0 Å². The van der Waals surface area contributed by atoms with Crippen LogP contribution in [0.4, 0.5) is 5.13 Å². The first-order valence-electron chi connectivity index (χ1n) is 9.71. The van der Waals surface area contributed by atoms with Crippen molar-refractivity contribution < 1.29 is 4.79 Å². The number of carbonyl (C=O) groups excluding carboxylic acids is 1. The van der Waals surface area contributed by atoms with E-state index in [0.29, 0.717) is 35.2 Å². The normalized spacial score (nSPS) is 13.1. The topological polar surface area (TPSA) is 76.9 Å². The maximum absolute atomic E-state index is 12.3. The first-order valence-corrected chi connectivity index (χ1v) is 10.9. The molecular weight excluding hydrogens is 408 g/mol. The molecule has 0 spiro atoms. The number of hydrogen-bond acceptors (Lipinski definition) is 5. The van der Waals surface area contributed by atoms with E-state index in [1.54, 1.807) is 29.5 Å². The highest BCUT2D eigenvalue weighted by Crippen LogP contribution is 2.29. The second kappa shape index (κ2) is 8.88. The van der Waals surface area contributed by atoms with Gasteiger partial charge in [-0.25, -0.2) is 9.67 Å². The molecule has 2 aromatic heterocycles. The summed E-state index contributed by atoms with van der Waals surface area (Å²) < 4.78 is 1.40. The Kier molecular flexibility index (Phi) is 6.06. The van der Waals surface area contributed by atoms with Gasteiger partial charge in [-0.1, -0.05) is 23.7 Å². The number of aryl methyl sites for hydroxylation is 3. The van der Waals surface area contributed by atoms with Crippen molar-refractivity contribution in [3.05, 3.63) is 62.3 Å². The van der Waals surface area contributed by atoms with Gasteiger partial charge in [-0.2, -0.15) is 5.10 Å². The molecule has 1 amide bonds. The molecule has 0 saturated heterocycles. The summed E-state index contributed by atoms with van der Waals surface area (Å²) in [6, 6.07) is 10.5. The Labute approximate surface area is 177 Å². The number of nitrogens with one attached hydrogen (secondary N) is 1. The lowest BCUT2D eigenvalue weighted by Gasteiger charge is -2.07. The number of halogens is 1. The lowest BCUT2D eigenvalue weighted by atomic mass is 10.0. The van der Waals surface area contributed by atoms with Gasteiger partial charge in [0.2, 0.25) is 5.91 Å². The zero-order chi connectivity index (χ0) is 20.2. The van der Waals surface area contributed by atoms with Crippen LogP contribution in [0.1, 0.15) is 36.3 Å². The smallest absolute Gasteiger partial charge is 0.266 e. The second-order valence-electron chi connectivity index (χ2n) is 7.03. The molecule has 0 fully saturated rings. The monoisotopic (exact) mass is 428 g/mol. The fourth-order valence-corrected chi connectivity index (χ4v) is 4.55. The van der Waals surface area contributed by atoms with Gasteiger partial charge < -0.3 is 5.32 Å². The number of hydrogen-bond donors (Lipinski definition) is 1. The number of nitrogens with zero attached hydrogens (tertiary/aromatic N) is 3. The largest absolute Gasteiger partial charge is 0.302 e. The SMILES string of the molecule is O=C(CCCn1nc(-c2ccc(Cl)cc2)ccc1=O)Nc1nc2c(s1)CCCC2. The van der Waals surface area contributed by atoms with Crippen molar-refractivity contribution in [2.75, 3.05) is 5.32 Å². The van der Waals surface area contributed by atoms with Crippen LogP contribution >= 0.6 is 22.9 Å².